The van der Waals surface area contributed by atoms with Gasteiger partial charge in [0.05, 0.1) is 12.2 Å². The van der Waals surface area contributed by atoms with Gasteiger partial charge < -0.3 is 19.1 Å². The molecule has 0 atom stereocenters. The molecule has 1 N–H and O–H groups in total. The summed E-state index contributed by atoms with van der Waals surface area (Å²) in [5, 5.41) is 9.86. The predicted molar refractivity (Wildman–Crippen MR) is 86.0 cm³/mol. The minimum absolute atomic E-state index is 0.289. The van der Waals surface area contributed by atoms with Crippen LogP contribution < -0.4 is 4.74 Å². The van der Waals surface area contributed by atoms with Crippen molar-refractivity contribution in [1.29, 1.82) is 0 Å². The summed E-state index contributed by atoms with van der Waals surface area (Å²) in [7, 11) is 1.86. The Morgan fingerprint density at radius 3 is 2.52 bits per heavy atom. The van der Waals surface area contributed by atoms with Crippen LogP contribution in [0.1, 0.15) is 36.8 Å². The van der Waals surface area contributed by atoms with Crippen molar-refractivity contribution in [1.82, 2.24) is 4.57 Å². The summed E-state index contributed by atoms with van der Waals surface area (Å²) in [5.74, 6) is -1.07. The first-order chi connectivity index (χ1) is 10.7. The van der Waals surface area contributed by atoms with Gasteiger partial charge in [0.1, 0.15) is 5.75 Å². The lowest BCUT2D eigenvalue weighted by atomic mass is 10.1. The van der Waals surface area contributed by atoms with Gasteiger partial charge in [-0.15, -0.1) is 0 Å². The summed E-state index contributed by atoms with van der Waals surface area (Å²) >= 11 is 0. The van der Waals surface area contributed by atoms with E-state index in [-0.39, 0.29) is 6.61 Å². The highest BCUT2D eigenvalue weighted by molar-refractivity contribution is 6.06. The number of aryl methyl sites for hydroxylation is 1. The van der Waals surface area contributed by atoms with Gasteiger partial charge in [0.25, 0.3) is 0 Å². The molecule has 0 radical (unpaired) electrons. The van der Waals surface area contributed by atoms with E-state index in [9.17, 15) is 14.7 Å². The van der Waals surface area contributed by atoms with Crippen molar-refractivity contribution < 1.29 is 24.2 Å². The highest BCUT2D eigenvalue weighted by Gasteiger charge is 2.30. The van der Waals surface area contributed by atoms with Gasteiger partial charge in [-0.25, -0.2) is 9.59 Å². The van der Waals surface area contributed by atoms with E-state index in [0.29, 0.717) is 16.7 Å². The van der Waals surface area contributed by atoms with Gasteiger partial charge in [-0.1, -0.05) is 0 Å². The Hall–Kier alpha value is -2.50. The zero-order valence-corrected chi connectivity index (χ0v) is 14.0. The van der Waals surface area contributed by atoms with Crippen molar-refractivity contribution in [3.05, 3.63) is 29.5 Å². The molecule has 6 heteroatoms. The molecular formula is C17H21NO5. The fraction of sp³-hybridized carbons (Fsp3) is 0.412. The summed E-state index contributed by atoms with van der Waals surface area (Å²) in [6, 6.07) is 5.18. The molecule has 0 amide bonds. The van der Waals surface area contributed by atoms with Gasteiger partial charge in [-0.3, -0.25) is 0 Å². The Morgan fingerprint density at radius 1 is 1.30 bits per heavy atom. The van der Waals surface area contributed by atoms with Gasteiger partial charge in [-0.2, -0.15) is 0 Å². The number of aliphatic carboxylic acids is 1. The highest BCUT2D eigenvalue weighted by Crippen LogP contribution is 2.30. The van der Waals surface area contributed by atoms with Crippen molar-refractivity contribution in [2.75, 3.05) is 6.61 Å². The normalized spacial score (nSPS) is 11.5. The van der Waals surface area contributed by atoms with Crippen molar-refractivity contribution in [2.45, 2.75) is 33.3 Å². The Labute approximate surface area is 134 Å². The fourth-order valence-corrected chi connectivity index (χ4v) is 2.41. The monoisotopic (exact) mass is 319 g/mol. The number of carbonyl (C=O) groups is 2. The minimum Gasteiger partial charge on any atom is -0.478 e. The number of fused-ring (bicyclic) bond motifs is 1. The first-order valence-corrected chi connectivity index (χ1v) is 7.37. The van der Waals surface area contributed by atoms with Crippen LogP contribution in [0.5, 0.6) is 5.75 Å². The number of hydrogen-bond donors (Lipinski definition) is 1. The molecule has 0 saturated heterocycles. The maximum atomic E-state index is 12.2. The quantitative estimate of drug-likeness (QED) is 0.857. The van der Waals surface area contributed by atoms with Gasteiger partial charge in [-0.05, 0) is 45.9 Å². The van der Waals surface area contributed by atoms with E-state index in [1.807, 2.05) is 18.5 Å². The predicted octanol–water partition coefficient (Wildman–Crippen LogP) is 2.91. The standard InChI is InChI=1S/C17H21NO5/c1-6-22-15(19)14-10(2)18(5)13-8-7-11(9-12(13)14)23-17(3,4)16(20)21/h7-9H,6H2,1-5H3,(H,20,21). The molecular weight excluding hydrogens is 298 g/mol. The van der Waals surface area contributed by atoms with Crippen LogP contribution in [-0.2, 0) is 16.6 Å². The molecule has 23 heavy (non-hydrogen) atoms. The summed E-state index contributed by atoms with van der Waals surface area (Å²) in [6.07, 6.45) is 0. The average Bonchev–Trinajstić information content (AvgIpc) is 2.70. The van der Waals surface area contributed by atoms with Gasteiger partial charge in [0.15, 0.2) is 5.60 Å². The average molecular weight is 319 g/mol. The Kier molecular flexibility index (Phi) is 4.36. The lowest BCUT2D eigenvalue weighted by Crippen LogP contribution is -2.37. The van der Waals surface area contributed by atoms with Gasteiger partial charge in [0.2, 0.25) is 0 Å². The summed E-state index contributed by atoms with van der Waals surface area (Å²) < 4.78 is 12.6. The first kappa shape index (κ1) is 16.9. The van der Waals surface area contributed by atoms with Crippen LogP contribution in [0, 0.1) is 6.92 Å². The zero-order valence-electron chi connectivity index (χ0n) is 14.0. The largest absolute Gasteiger partial charge is 0.478 e. The first-order valence-electron chi connectivity index (χ1n) is 7.37. The summed E-state index contributed by atoms with van der Waals surface area (Å²) in [4.78, 5) is 23.4. The van der Waals surface area contributed by atoms with E-state index in [1.165, 1.54) is 13.8 Å². The second-order valence-electron chi connectivity index (χ2n) is 5.84. The molecule has 0 aliphatic rings. The lowest BCUT2D eigenvalue weighted by molar-refractivity contribution is -0.152. The van der Waals surface area contributed by atoms with E-state index in [1.54, 1.807) is 25.1 Å². The molecule has 1 heterocycles. The van der Waals surface area contributed by atoms with Crippen molar-refractivity contribution in [2.24, 2.45) is 7.05 Å². The second kappa shape index (κ2) is 5.95. The Balaban J connectivity index is 2.56. The topological polar surface area (TPSA) is 77.8 Å². The van der Waals surface area contributed by atoms with E-state index in [2.05, 4.69) is 0 Å². The van der Waals surface area contributed by atoms with E-state index in [4.69, 9.17) is 9.47 Å². The van der Waals surface area contributed by atoms with Crippen molar-refractivity contribution in [3.63, 3.8) is 0 Å². The molecule has 0 saturated carbocycles. The van der Waals surface area contributed by atoms with E-state index in [0.717, 1.165) is 11.2 Å². The van der Waals surface area contributed by atoms with Crippen molar-refractivity contribution >= 4 is 22.8 Å². The molecule has 0 aliphatic carbocycles. The highest BCUT2D eigenvalue weighted by atomic mass is 16.5. The second-order valence-corrected chi connectivity index (χ2v) is 5.84. The maximum Gasteiger partial charge on any atom is 0.347 e. The summed E-state index contributed by atoms with van der Waals surface area (Å²) in [6.45, 7) is 6.83. The molecule has 0 spiro atoms. The van der Waals surface area contributed by atoms with Crippen LogP contribution >= 0.6 is 0 Å². The fourth-order valence-electron chi connectivity index (χ4n) is 2.41. The zero-order chi connectivity index (χ0) is 17.4. The number of esters is 1. The number of ether oxygens (including phenoxy) is 2. The molecule has 0 fully saturated rings. The molecule has 124 valence electrons. The molecule has 0 bridgehead atoms. The third-order valence-electron chi connectivity index (χ3n) is 3.83. The summed E-state index contributed by atoms with van der Waals surface area (Å²) in [5.41, 5.74) is 0.753. The van der Waals surface area contributed by atoms with Crippen LogP contribution in [0.3, 0.4) is 0 Å². The van der Waals surface area contributed by atoms with Crippen LogP contribution in [0.15, 0.2) is 18.2 Å². The number of nitrogens with zero attached hydrogens (tertiary/aromatic N) is 1. The third-order valence-corrected chi connectivity index (χ3v) is 3.83. The van der Waals surface area contributed by atoms with Crippen LogP contribution in [0.25, 0.3) is 10.9 Å². The van der Waals surface area contributed by atoms with E-state index >= 15 is 0 Å². The molecule has 0 unspecified atom stereocenters. The number of aromatic nitrogens is 1. The maximum absolute atomic E-state index is 12.2. The minimum atomic E-state index is -1.36. The molecule has 6 nitrogen and oxygen atoms in total. The number of rotatable bonds is 5. The van der Waals surface area contributed by atoms with Gasteiger partial charge >= 0.3 is 11.9 Å². The number of benzene rings is 1. The Bertz CT molecular complexity index is 773. The number of carboxylic acid groups (broad SMARTS) is 1. The number of hydrogen-bond acceptors (Lipinski definition) is 4. The van der Waals surface area contributed by atoms with Crippen LogP contribution in [-0.4, -0.2) is 33.8 Å². The SMILES string of the molecule is CCOC(=O)c1c(C)n(C)c2ccc(OC(C)(C)C(=O)O)cc12. The number of carbonyl (C=O) groups excluding carboxylic acids is 1. The molecule has 1 aromatic heterocycles. The molecule has 1 aromatic carbocycles. The lowest BCUT2D eigenvalue weighted by Gasteiger charge is -2.21. The number of carboxylic acids is 1. The van der Waals surface area contributed by atoms with Crippen molar-refractivity contribution in [3.8, 4) is 5.75 Å². The molecule has 0 aliphatic heterocycles. The third kappa shape index (κ3) is 3.02. The molecule has 2 rings (SSSR count). The van der Waals surface area contributed by atoms with Crippen LogP contribution in [0.2, 0.25) is 0 Å². The molecule has 2 aromatic rings. The Morgan fingerprint density at radius 2 is 1.96 bits per heavy atom. The van der Waals surface area contributed by atoms with E-state index < -0.39 is 17.5 Å². The smallest absolute Gasteiger partial charge is 0.347 e. The van der Waals surface area contributed by atoms with Gasteiger partial charge in [0, 0.05) is 23.6 Å². The van der Waals surface area contributed by atoms with Crippen LogP contribution in [0.4, 0.5) is 0 Å².